The number of aryl methyl sites for hydroxylation is 1. The Labute approximate surface area is 155 Å². The summed E-state index contributed by atoms with van der Waals surface area (Å²) in [5, 5.41) is 5.15. The molecule has 0 saturated carbocycles. The zero-order chi connectivity index (χ0) is 18.1. The van der Waals surface area contributed by atoms with E-state index in [2.05, 4.69) is 18.2 Å². The third kappa shape index (κ3) is 2.75. The minimum atomic E-state index is -0.318. The maximum atomic E-state index is 14.2. The summed E-state index contributed by atoms with van der Waals surface area (Å²) in [4.78, 5) is 5.69. The van der Waals surface area contributed by atoms with Crippen molar-refractivity contribution in [1.29, 1.82) is 0 Å². The molecule has 0 aliphatic carbocycles. The van der Waals surface area contributed by atoms with E-state index in [1.807, 2.05) is 34.2 Å². The van der Waals surface area contributed by atoms with E-state index >= 15 is 0 Å². The van der Waals surface area contributed by atoms with Gasteiger partial charge < -0.3 is 5.32 Å². The van der Waals surface area contributed by atoms with Gasteiger partial charge in [-0.15, -0.1) is 17.8 Å². The molecule has 0 spiro atoms. The number of hydrogen-bond acceptors (Lipinski definition) is 3. The van der Waals surface area contributed by atoms with Crippen LogP contribution in [-0.2, 0) is 6.42 Å². The molecule has 4 rings (SSSR count). The van der Waals surface area contributed by atoms with Crippen LogP contribution in [0.4, 0.5) is 15.9 Å². The van der Waals surface area contributed by atoms with Crippen LogP contribution < -0.4 is 5.32 Å². The van der Waals surface area contributed by atoms with E-state index in [1.165, 1.54) is 23.0 Å². The Morgan fingerprint density at radius 1 is 1.27 bits per heavy atom. The smallest absolute Gasteiger partial charge is 0.146 e. The van der Waals surface area contributed by atoms with Crippen molar-refractivity contribution in [2.75, 3.05) is 5.32 Å². The molecular formula is C21H16FN3S. The predicted molar refractivity (Wildman–Crippen MR) is 106 cm³/mol. The van der Waals surface area contributed by atoms with E-state index < -0.39 is 0 Å². The number of terminal acetylenes is 1. The van der Waals surface area contributed by atoms with Crippen LogP contribution in [0.1, 0.15) is 18.1 Å². The van der Waals surface area contributed by atoms with Crippen LogP contribution in [0.3, 0.4) is 0 Å². The van der Waals surface area contributed by atoms with E-state index in [0.717, 1.165) is 28.2 Å². The highest BCUT2D eigenvalue weighted by Crippen LogP contribution is 2.36. The van der Waals surface area contributed by atoms with Gasteiger partial charge in [0.15, 0.2) is 0 Å². The van der Waals surface area contributed by atoms with E-state index in [-0.39, 0.29) is 5.82 Å². The molecule has 26 heavy (non-hydrogen) atoms. The van der Waals surface area contributed by atoms with Gasteiger partial charge in [0.2, 0.25) is 0 Å². The number of para-hydroxylation sites is 1. The predicted octanol–water partition coefficient (Wildman–Crippen LogP) is 5.49. The molecule has 0 radical (unpaired) electrons. The fourth-order valence-corrected chi connectivity index (χ4v) is 3.73. The van der Waals surface area contributed by atoms with Crippen molar-refractivity contribution in [2.24, 2.45) is 0 Å². The average molecular weight is 361 g/mol. The summed E-state index contributed by atoms with van der Waals surface area (Å²) in [7, 11) is 0. The number of nitrogens with zero attached hydrogens (tertiary/aromatic N) is 2. The number of halogens is 1. The lowest BCUT2D eigenvalue weighted by atomic mass is 10.2. The van der Waals surface area contributed by atoms with Gasteiger partial charge in [0.1, 0.15) is 23.0 Å². The average Bonchev–Trinajstić information content (AvgIpc) is 3.27. The number of benzene rings is 1. The van der Waals surface area contributed by atoms with Crippen LogP contribution in [0, 0.1) is 18.2 Å². The Balaban J connectivity index is 1.95. The first kappa shape index (κ1) is 16.4. The summed E-state index contributed by atoms with van der Waals surface area (Å²) in [6.45, 7) is 2.10. The molecule has 0 saturated heterocycles. The van der Waals surface area contributed by atoms with Crippen LogP contribution in [0.25, 0.3) is 16.2 Å². The zero-order valence-electron chi connectivity index (χ0n) is 14.2. The third-order valence-corrected chi connectivity index (χ3v) is 5.18. The molecule has 0 aliphatic rings. The fraction of sp³-hybridized carbons (Fsp3) is 0.0952. The second-order valence-electron chi connectivity index (χ2n) is 5.84. The van der Waals surface area contributed by atoms with Crippen molar-refractivity contribution in [3.63, 3.8) is 0 Å². The molecule has 0 atom stereocenters. The van der Waals surface area contributed by atoms with Gasteiger partial charge in [0.25, 0.3) is 0 Å². The molecule has 3 aromatic heterocycles. The minimum Gasteiger partial charge on any atom is -0.337 e. The van der Waals surface area contributed by atoms with Gasteiger partial charge in [-0.3, -0.25) is 4.40 Å². The number of rotatable bonds is 4. The fourth-order valence-electron chi connectivity index (χ4n) is 2.88. The van der Waals surface area contributed by atoms with Gasteiger partial charge in [-0.1, -0.05) is 25.0 Å². The maximum Gasteiger partial charge on any atom is 0.146 e. The molecule has 0 amide bonds. The molecule has 4 aromatic rings. The molecular weight excluding hydrogens is 345 g/mol. The van der Waals surface area contributed by atoms with Gasteiger partial charge >= 0.3 is 0 Å². The van der Waals surface area contributed by atoms with Crippen LogP contribution in [0.2, 0.25) is 0 Å². The quantitative estimate of drug-likeness (QED) is 0.487. The summed E-state index contributed by atoms with van der Waals surface area (Å²) < 4.78 is 16.1. The second kappa shape index (κ2) is 6.66. The topological polar surface area (TPSA) is 29.3 Å². The van der Waals surface area contributed by atoms with E-state index in [4.69, 9.17) is 11.4 Å². The van der Waals surface area contributed by atoms with Gasteiger partial charge in [-0.05, 0) is 47.7 Å². The first-order valence-electron chi connectivity index (χ1n) is 8.28. The number of imidazole rings is 1. The Hall–Kier alpha value is -3.10. The summed E-state index contributed by atoms with van der Waals surface area (Å²) in [5.74, 6) is 3.09. The van der Waals surface area contributed by atoms with Crippen LogP contribution in [-0.4, -0.2) is 9.38 Å². The molecule has 3 nitrogen and oxygen atoms in total. The normalized spacial score (nSPS) is 10.8. The minimum absolute atomic E-state index is 0.318. The number of pyridine rings is 1. The summed E-state index contributed by atoms with van der Waals surface area (Å²) in [6, 6.07) is 12.6. The first-order chi connectivity index (χ1) is 12.7. The van der Waals surface area contributed by atoms with Crippen molar-refractivity contribution >= 4 is 28.5 Å². The second-order valence-corrected chi connectivity index (χ2v) is 6.75. The Morgan fingerprint density at radius 3 is 2.88 bits per heavy atom. The van der Waals surface area contributed by atoms with Crippen molar-refractivity contribution < 1.29 is 4.39 Å². The van der Waals surface area contributed by atoms with Crippen molar-refractivity contribution in [3.8, 4) is 22.9 Å². The van der Waals surface area contributed by atoms with E-state index in [9.17, 15) is 4.39 Å². The molecule has 0 fully saturated rings. The number of aromatic nitrogens is 2. The number of hydrogen-bond donors (Lipinski definition) is 1. The molecule has 1 aromatic carbocycles. The molecule has 1 N–H and O–H groups in total. The van der Waals surface area contributed by atoms with Crippen molar-refractivity contribution in [2.45, 2.75) is 13.3 Å². The monoisotopic (exact) mass is 361 g/mol. The lowest BCUT2D eigenvalue weighted by Crippen LogP contribution is -1.99. The highest BCUT2D eigenvalue weighted by atomic mass is 32.1. The van der Waals surface area contributed by atoms with Crippen LogP contribution >= 0.6 is 11.3 Å². The number of anilines is 2. The number of thiophene rings is 1. The largest absolute Gasteiger partial charge is 0.337 e. The number of fused-ring (bicyclic) bond motifs is 1. The Bertz CT molecular complexity index is 1130. The zero-order valence-corrected chi connectivity index (χ0v) is 15.0. The first-order valence-corrected chi connectivity index (χ1v) is 9.16. The highest BCUT2D eigenvalue weighted by molar-refractivity contribution is 7.13. The lowest BCUT2D eigenvalue weighted by Gasteiger charge is -2.09. The molecule has 128 valence electrons. The lowest BCUT2D eigenvalue weighted by molar-refractivity contribution is 0.632. The van der Waals surface area contributed by atoms with E-state index in [0.29, 0.717) is 11.5 Å². The standard InChI is InChI=1S/C21H16FN3S/c1-3-14-9-11-25-18(13-14)24-19(20-15(4-2)10-12-26-20)21(25)23-17-8-6-5-7-16(17)22/h2,5-13,23H,3H2,1H3. The summed E-state index contributed by atoms with van der Waals surface area (Å²) >= 11 is 1.53. The molecule has 5 heteroatoms. The van der Waals surface area contributed by atoms with Gasteiger partial charge in [0, 0.05) is 11.8 Å². The van der Waals surface area contributed by atoms with Crippen LogP contribution in [0.5, 0.6) is 0 Å². The molecule has 0 unspecified atom stereocenters. The SMILES string of the molecule is C#Cc1ccsc1-c1nc2cc(CC)ccn2c1Nc1ccccc1F. The van der Waals surface area contributed by atoms with Crippen LogP contribution in [0.15, 0.2) is 54.0 Å². The highest BCUT2D eigenvalue weighted by Gasteiger charge is 2.19. The van der Waals surface area contributed by atoms with Gasteiger partial charge in [0.05, 0.1) is 10.6 Å². The van der Waals surface area contributed by atoms with Gasteiger partial charge in [-0.25, -0.2) is 9.37 Å². The maximum absolute atomic E-state index is 14.2. The van der Waals surface area contributed by atoms with Gasteiger partial charge in [-0.2, -0.15) is 0 Å². The van der Waals surface area contributed by atoms with Crippen molar-refractivity contribution in [1.82, 2.24) is 9.38 Å². The Morgan fingerprint density at radius 2 is 2.12 bits per heavy atom. The van der Waals surface area contributed by atoms with Crippen molar-refractivity contribution in [3.05, 3.63) is 71.0 Å². The summed E-state index contributed by atoms with van der Waals surface area (Å²) in [5.41, 5.74) is 3.90. The molecule has 0 bridgehead atoms. The Kier molecular flexibility index (Phi) is 4.19. The summed E-state index contributed by atoms with van der Waals surface area (Å²) in [6.07, 6.45) is 8.52. The third-order valence-electron chi connectivity index (χ3n) is 4.26. The molecule has 0 aliphatic heterocycles. The molecule has 3 heterocycles. The van der Waals surface area contributed by atoms with E-state index in [1.54, 1.807) is 18.2 Å². The number of nitrogens with one attached hydrogen (secondary N) is 1.